The number of carbonyl (C=O) groups excluding carboxylic acids is 1. The van der Waals surface area contributed by atoms with Crippen LogP contribution >= 0.6 is 0 Å². The van der Waals surface area contributed by atoms with E-state index < -0.39 is 6.10 Å². The van der Waals surface area contributed by atoms with E-state index in [1.807, 2.05) is 6.92 Å². The van der Waals surface area contributed by atoms with Gasteiger partial charge < -0.3 is 19.7 Å². The number of rotatable bonds is 6. The quantitative estimate of drug-likeness (QED) is 0.846. The normalized spacial score (nSPS) is 20.0. The van der Waals surface area contributed by atoms with Gasteiger partial charge in [-0.05, 0) is 58.8 Å². The molecule has 1 aliphatic rings. The van der Waals surface area contributed by atoms with Crippen LogP contribution in [0.25, 0.3) is 0 Å². The SMILES string of the molecule is CC(CC(O)c1ccco1)NC(=O)C1CCN(C(C)C)CC1. The summed E-state index contributed by atoms with van der Waals surface area (Å²) in [5.74, 6) is 0.757. The molecule has 1 amide bonds. The van der Waals surface area contributed by atoms with Crippen molar-refractivity contribution in [3.05, 3.63) is 24.2 Å². The van der Waals surface area contributed by atoms with Crippen LogP contribution in [0.5, 0.6) is 0 Å². The fourth-order valence-electron chi connectivity index (χ4n) is 3.03. The van der Waals surface area contributed by atoms with E-state index in [-0.39, 0.29) is 17.9 Å². The topological polar surface area (TPSA) is 65.7 Å². The molecule has 1 aromatic heterocycles. The molecule has 2 heterocycles. The minimum absolute atomic E-state index is 0.0734. The summed E-state index contributed by atoms with van der Waals surface area (Å²) in [5, 5.41) is 13.1. The molecule has 0 aromatic carbocycles. The lowest BCUT2D eigenvalue weighted by molar-refractivity contribution is -0.127. The van der Waals surface area contributed by atoms with E-state index in [9.17, 15) is 9.90 Å². The largest absolute Gasteiger partial charge is 0.467 e. The second kappa shape index (κ2) is 7.79. The molecule has 5 heteroatoms. The third kappa shape index (κ3) is 4.58. The molecule has 0 bridgehead atoms. The van der Waals surface area contributed by atoms with Crippen molar-refractivity contribution in [1.29, 1.82) is 0 Å². The fraction of sp³-hybridized carbons (Fsp3) is 0.706. The predicted octanol–water partition coefficient (Wildman–Crippen LogP) is 2.33. The summed E-state index contributed by atoms with van der Waals surface area (Å²) >= 11 is 0. The molecule has 2 N–H and O–H groups in total. The maximum Gasteiger partial charge on any atom is 0.223 e. The summed E-state index contributed by atoms with van der Waals surface area (Å²) in [6.07, 6.45) is 3.16. The highest BCUT2D eigenvalue weighted by atomic mass is 16.4. The van der Waals surface area contributed by atoms with Crippen LogP contribution in [0.1, 0.15) is 51.9 Å². The molecule has 2 atom stereocenters. The Kier molecular flexibility index (Phi) is 6.03. The van der Waals surface area contributed by atoms with Gasteiger partial charge in [-0.3, -0.25) is 4.79 Å². The van der Waals surface area contributed by atoms with Crippen molar-refractivity contribution >= 4 is 5.91 Å². The summed E-state index contributed by atoms with van der Waals surface area (Å²) in [7, 11) is 0. The van der Waals surface area contributed by atoms with Gasteiger partial charge in [-0.1, -0.05) is 0 Å². The van der Waals surface area contributed by atoms with Crippen LogP contribution in [0.2, 0.25) is 0 Å². The number of nitrogens with one attached hydrogen (secondary N) is 1. The van der Waals surface area contributed by atoms with Gasteiger partial charge in [-0.15, -0.1) is 0 Å². The van der Waals surface area contributed by atoms with Gasteiger partial charge in [0, 0.05) is 24.4 Å². The molecule has 1 fully saturated rings. The Morgan fingerprint density at radius 2 is 2.09 bits per heavy atom. The molecule has 1 aliphatic heterocycles. The summed E-state index contributed by atoms with van der Waals surface area (Å²) in [6, 6.07) is 3.98. The number of hydrogen-bond acceptors (Lipinski definition) is 4. The number of hydrogen-bond donors (Lipinski definition) is 2. The molecule has 5 nitrogen and oxygen atoms in total. The van der Waals surface area contributed by atoms with Crippen molar-refractivity contribution in [3.8, 4) is 0 Å². The van der Waals surface area contributed by atoms with Crippen LogP contribution in [-0.2, 0) is 4.79 Å². The van der Waals surface area contributed by atoms with Gasteiger partial charge in [-0.25, -0.2) is 0 Å². The Morgan fingerprint density at radius 1 is 1.41 bits per heavy atom. The Hall–Kier alpha value is -1.33. The second-order valence-corrected chi connectivity index (χ2v) is 6.58. The lowest BCUT2D eigenvalue weighted by atomic mass is 9.94. The molecule has 0 radical (unpaired) electrons. The minimum atomic E-state index is -0.673. The number of likely N-dealkylation sites (tertiary alicyclic amines) is 1. The number of nitrogens with zero attached hydrogens (tertiary/aromatic N) is 1. The Balaban J connectivity index is 1.75. The first-order valence-electron chi connectivity index (χ1n) is 8.23. The average Bonchev–Trinajstić information content (AvgIpc) is 3.01. The maximum absolute atomic E-state index is 12.3. The smallest absolute Gasteiger partial charge is 0.223 e. The highest BCUT2D eigenvalue weighted by Crippen LogP contribution is 2.21. The van der Waals surface area contributed by atoms with Gasteiger partial charge in [-0.2, -0.15) is 0 Å². The molecular formula is C17H28N2O3. The lowest BCUT2D eigenvalue weighted by Crippen LogP contribution is -2.45. The molecule has 1 saturated heterocycles. The highest BCUT2D eigenvalue weighted by Gasteiger charge is 2.27. The number of aliphatic hydroxyl groups is 1. The molecular weight excluding hydrogens is 280 g/mol. The summed E-state index contributed by atoms with van der Waals surface area (Å²) in [5.41, 5.74) is 0. The van der Waals surface area contributed by atoms with Crippen LogP contribution in [0.4, 0.5) is 0 Å². The molecule has 0 spiro atoms. The zero-order valence-electron chi connectivity index (χ0n) is 13.8. The number of amides is 1. The van der Waals surface area contributed by atoms with Crippen molar-refractivity contribution < 1.29 is 14.3 Å². The highest BCUT2D eigenvalue weighted by molar-refractivity contribution is 5.79. The van der Waals surface area contributed by atoms with Gasteiger partial charge in [0.05, 0.1) is 6.26 Å². The number of furan rings is 1. The molecule has 2 unspecified atom stereocenters. The molecule has 1 aromatic rings. The van der Waals surface area contributed by atoms with Crippen LogP contribution in [-0.4, -0.2) is 41.1 Å². The molecule has 124 valence electrons. The van der Waals surface area contributed by atoms with Crippen LogP contribution in [0.3, 0.4) is 0 Å². The van der Waals surface area contributed by atoms with E-state index in [1.165, 1.54) is 0 Å². The summed E-state index contributed by atoms with van der Waals surface area (Å²) in [6.45, 7) is 8.28. The Bertz CT molecular complexity index is 450. The van der Waals surface area contributed by atoms with E-state index in [1.54, 1.807) is 18.4 Å². The Labute approximate surface area is 132 Å². The number of aliphatic hydroxyl groups excluding tert-OH is 1. The zero-order valence-corrected chi connectivity index (χ0v) is 13.8. The summed E-state index contributed by atoms with van der Waals surface area (Å²) < 4.78 is 5.18. The van der Waals surface area contributed by atoms with Crippen molar-refractivity contribution in [2.45, 2.75) is 58.2 Å². The van der Waals surface area contributed by atoms with Gasteiger partial charge in [0.2, 0.25) is 5.91 Å². The van der Waals surface area contributed by atoms with Gasteiger partial charge >= 0.3 is 0 Å². The van der Waals surface area contributed by atoms with Gasteiger partial charge in [0.15, 0.2) is 0 Å². The van der Waals surface area contributed by atoms with E-state index in [4.69, 9.17) is 4.42 Å². The average molecular weight is 308 g/mol. The van der Waals surface area contributed by atoms with Crippen LogP contribution in [0.15, 0.2) is 22.8 Å². The van der Waals surface area contributed by atoms with Crippen molar-refractivity contribution in [2.75, 3.05) is 13.1 Å². The second-order valence-electron chi connectivity index (χ2n) is 6.58. The zero-order chi connectivity index (χ0) is 16.1. The standard InChI is InChI=1S/C17H28N2O3/c1-12(2)19-8-6-14(7-9-19)17(21)18-13(3)11-15(20)16-5-4-10-22-16/h4-5,10,12-15,20H,6-9,11H2,1-3H3,(H,18,21). The molecule has 22 heavy (non-hydrogen) atoms. The van der Waals surface area contributed by atoms with E-state index in [0.717, 1.165) is 25.9 Å². The monoisotopic (exact) mass is 308 g/mol. The lowest BCUT2D eigenvalue weighted by Gasteiger charge is -2.34. The minimum Gasteiger partial charge on any atom is -0.467 e. The molecule has 0 aliphatic carbocycles. The van der Waals surface area contributed by atoms with Crippen LogP contribution < -0.4 is 5.32 Å². The first-order valence-corrected chi connectivity index (χ1v) is 8.23. The molecule has 0 saturated carbocycles. The van der Waals surface area contributed by atoms with Gasteiger partial charge in [0.1, 0.15) is 11.9 Å². The van der Waals surface area contributed by atoms with Crippen LogP contribution in [0, 0.1) is 5.92 Å². The third-order valence-electron chi connectivity index (χ3n) is 4.47. The van der Waals surface area contributed by atoms with E-state index in [2.05, 4.69) is 24.1 Å². The fourth-order valence-corrected chi connectivity index (χ4v) is 3.03. The first-order chi connectivity index (χ1) is 10.5. The first kappa shape index (κ1) is 17.0. The van der Waals surface area contributed by atoms with Gasteiger partial charge in [0.25, 0.3) is 0 Å². The van der Waals surface area contributed by atoms with E-state index in [0.29, 0.717) is 18.2 Å². The Morgan fingerprint density at radius 3 is 2.64 bits per heavy atom. The number of carbonyl (C=O) groups is 1. The number of piperidine rings is 1. The summed E-state index contributed by atoms with van der Waals surface area (Å²) in [4.78, 5) is 14.7. The van der Waals surface area contributed by atoms with Crippen molar-refractivity contribution in [1.82, 2.24) is 10.2 Å². The molecule has 2 rings (SSSR count). The van der Waals surface area contributed by atoms with E-state index >= 15 is 0 Å². The maximum atomic E-state index is 12.3. The third-order valence-corrected chi connectivity index (χ3v) is 4.47. The predicted molar refractivity (Wildman–Crippen MR) is 85.3 cm³/mol. The van der Waals surface area contributed by atoms with Crippen molar-refractivity contribution in [3.63, 3.8) is 0 Å². The van der Waals surface area contributed by atoms with Crippen molar-refractivity contribution in [2.24, 2.45) is 5.92 Å².